The number of para-hydroxylation sites is 1. The third kappa shape index (κ3) is 4.48. The molecule has 1 amide bonds. The Balaban J connectivity index is 1.52. The van der Waals surface area contributed by atoms with Crippen molar-refractivity contribution >= 4 is 28.9 Å². The van der Waals surface area contributed by atoms with Crippen LogP contribution in [0.5, 0.6) is 0 Å². The molecule has 1 unspecified atom stereocenters. The van der Waals surface area contributed by atoms with Crippen molar-refractivity contribution < 1.29 is 4.79 Å². The maximum atomic E-state index is 11.5. The molecule has 0 bridgehead atoms. The predicted octanol–water partition coefficient (Wildman–Crippen LogP) is 3.06. The van der Waals surface area contributed by atoms with Crippen LogP contribution in [0.4, 0.5) is 11.4 Å². The number of halogens is 1. The quantitative estimate of drug-likeness (QED) is 0.818. The molecule has 26 heavy (non-hydrogen) atoms. The number of primary amides is 1. The van der Waals surface area contributed by atoms with Gasteiger partial charge in [-0.3, -0.25) is 9.69 Å². The van der Waals surface area contributed by atoms with Crippen LogP contribution in [0.25, 0.3) is 0 Å². The van der Waals surface area contributed by atoms with Crippen molar-refractivity contribution in [1.29, 1.82) is 0 Å². The number of hydrogen-bond donors (Lipinski definition) is 2. The molecule has 2 aromatic rings. The number of rotatable bonds is 6. The molecular formula is C20H25ClN4O. The Kier molecular flexibility index (Phi) is 6.01. The fourth-order valence-corrected chi connectivity index (χ4v) is 3.44. The Morgan fingerprint density at radius 3 is 2.42 bits per heavy atom. The second kappa shape index (κ2) is 8.43. The minimum Gasteiger partial charge on any atom is -0.383 e. The molecule has 1 aliphatic heterocycles. The predicted molar refractivity (Wildman–Crippen MR) is 108 cm³/mol. The summed E-state index contributed by atoms with van der Waals surface area (Å²) in [6.45, 7) is 6.96. The van der Waals surface area contributed by atoms with E-state index in [1.54, 1.807) is 6.07 Å². The normalized spacial score (nSPS) is 16.3. The Labute approximate surface area is 159 Å². The van der Waals surface area contributed by atoms with Gasteiger partial charge in [0.15, 0.2) is 0 Å². The van der Waals surface area contributed by atoms with E-state index in [0.29, 0.717) is 11.6 Å². The van der Waals surface area contributed by atoms with Crippen LogP contribution in [0, 0.1) is 0 Å². The van der Waals surface area contributed by atoms with E-state index in [1.165, 1.54) is 5.69 Å². The van der Waals surface area contributed by atoms with Gasteiger partial charge < -0.3 is 16.0 Å². The molecule has 138 valence electrons. The summed E-state index contributed by atoms with van der Waals surface area (Å²) in [4.78, 5) is 16.4. The van der Waals surface area contributed by atoms with Gasteiger partial charge in [-0.2, -0.15) is 0 Å². The molecular weight excluding hydrogens is 348 g/mol. The SMILES string of the molecule is CC(CNc1ccccc1C(N)=O)N1CCN(c2ccc(Cl)cc2)CC1. The third-order valence-electron chi connectivity index (χ3n) is 4.91. The van der Waals surface area contributed by atoms with Crippen LogP contribution in [0.2, 0.25) is 5.02 Å². The number of hydrogen-bond acceptors (Lipinski definition) is 4. The first-order chi connectivity index (χ1) is 12.5. The molecule has 1 saturated heterocycles. The minimum atomic E-state index is -0.405. The smallest absolute Gasteiger partial charge is 0.250 e. The Morgan fingerprint density at radius 1 is 1.12 bits per heavy atom. The highest BCUT2D eigenvalue weighted by molar-refractivity contribution is 6.30. The Morgan fingerprint density at radius 2 is 1.77 bits per heavy atom. The summed E-state index contributed by atoms with van der Waals surface area (Å²) in [5.74, 6) is -0.405. The minimum absolute atomic E-state index is 0.364. The van der Waals surface area contributed by atoms with Gasteiger partial charge in [-0.1, -0.05) is 23.7 Å². The molecule has 5 nitrogen and oxygen atoms in total. The Bertz CT molecular complexity index is 742. The van der Waals surface area contributed by atoms with E-state index in [0.717, 1.165) is 43.4 Å². The summed E-state index contributed by atoms with van der Waals surface area (Å²) in [5.41, 5.74) is 7.99. The van der Waals surface area contributed by atoms with Crippen molar-refractivity contribution in [2.24, 2.45) is 5.73 Å². The number of amides is 1. The van der Waals surface area contributed by atoms with Gasteiger partial charge in [0.05, 0.1) is 5.56 Å². The van der Waals surface area contributed by atoms with E-state index in [9.17, 15) is 4.79 Å². The topological polar surface area (TPSA) is 61.6 Å². The fraction of sp³-hybridized carbons (Fsp3) is 0.350. The van der Waals surface area contributed by atoms with Crippen molar-refractivity contribution in [3.05, 3.63) is 59.1 Å². The zero-order chi connectivity index (χ0) is 18.5. The van der Waals surface area contributed by atoms with Gasteiger partial charge >= 0.3 is 0 Å². The summed E-state index contributed by atoms with van der Waals surface area (Å²) >= 11 is 5.97. The second-order valence-corrected chi connectivity index (χ2v) is 7.08. The zero-order valence-electron chi connectivity index (χ0n) is 15.0. The van der Waals surface area contributed by atoms with Crippen molar-refractivity contribution in [3.63, 3.8) is 0 Å². The van der Waals surface area contributed by atoms with Gasteiger partial charge in [-0.25, -0.2) is 0 Å². The standard InChI is InChI=1S/C20H25ClN4O/c1-15(14-23-19-5-3-2-4-18(19)20(22)26)24-10-12-25(13-11-24)17-8-6-16(21)7-9-17/h2-9,15,23H,10-14H2,1H3,(H2,22,26). The highest BCUT2D eigenvalue weighted by Gasteiger charge is 2.21. The van der Waals surface area contributed by atoms with Gasteiger partial charge in [0, 0.05) is 55.2 Å². The number of anilines is 2. The van der Waals surface area contributed by atoms with E-state index < -0.39 is 5.91 Å². The molecule has 3 N–H and O–H groups in total. The summed E-state index contributed by atoms with van der Waals surface area (Å²) in [7, 11) is 0. The number of nitrogens with zero attached hydrogens (tertiary/aromatic N) is 2. The maximum Gasteiger partial charge on any atom is 0.250 e. The summed E-state index contributed by atoms with van der Waals surface area (Å²) < 4.78 is 0. The lowest BCUT2D eigenvalue weighted by Crippen LogP contribution is -2.51. The molecule has 1 aliphatic rings. The molecule has 2 aromatic carbocycles. The van der Waals surface area contributed by atoms with Gasteiger partial charge in [0.1, 0.15) is 0 Å². The number of piperazine rings is 1. The molecule has 0 aromatic heterocycles. The lowest BCUT2D eigenvalue weighted by molar-refractivity contribution is 0.100. The largest absolute Gasteiger partial charge is 0.383 e. The molecule has 1 fully saturated rings. The van der Waals surface area contributed by atoms with Crippen molar-refractivity contribution in [2.75, 3.05) is 42.9 Å². The van der Waals surface area contributed by atoms with Crippen LogP contribution in [0.3, 0.4) is 0 Å². The van der Waals surface area contributed by atoms with E-state index in [4.69, 9.17) is 17.3 Å². The van der Waals surface area contributed by atoms with Crippen LogP contribution in [-0.2, 0) is 0 Å². The molecule has 0 saturated carbocycles. The number of carbonyl (C=O) groups is 1. The lowest BCUT2D eigenvalue weighted by Gasteiger charge is -2.39. The summed E-state index contributed by atoms with van der Waals surface area (Å²) in [6, 6.07) is 15.8. The number of benzene rings is 2. The van der Waals surface area contributed by atoms with Gasteiger partial charge in [0.2, 0.25) is 0 Å². The summed E-state index contributed by atoms with van der Waals surface area (Å²) in [6.07, 6.45) is 0. The van der Waals surface area contributed by atoms with Gasteiger partial charge in [-0.05, 0) is 43.3 Å². The Hall–Kier alpha value is -2.24. The average molecular weight is 373 g/mol. The van der Waals surface area contributed by atoms with E-state index >= 15 is 0 Å². The van der Waals surface area contributed by atoms with E-state index in [1.807, 2.05) is 30.3 Å². The van der Waals surface area contributed by atoms with E-state index in [2.05, 4.69) is 34.2 Å². The van der Waals surface area contributed by atoms with Crippen LogP contribution in [-0.4, -0.2) is 49.6 Å². The maximum absolute atomic E-state index is 11.5. The van der Waals surface area contributed by atoms with Crippen molar-refractivity contribution in [1.82, 2.24) is 4.90 Å². The van der Waals surface area contributed by atoms with Crippen LogP contribution in [0.15, 0.2) is 48.5 Å². The molecule has 0 radical (unpaired) electrons. The molecule has 0 aliphatic carbocycles. The first-order valence-electron chi connectivity index (χ1n) is 8.92. The van der Waals surface area contributed by atoms with Crippen molar-refractivity contribution in [3.8, 4) is 0 Å². The summed E-state index contributed by atoms with van der Waals surface area (Å²) in [5, 5.41) is 4.14. The van der Waals surface area contributed by atoms with Gasteiger partial charge in [-0.15, -0.1) is 0 Å². The third-order valence-corrected chi connectivity index (χ3v) is 5.16. The monoisotopic (exact) mass is 372 g/mol. The molecule has 0 spiro atoms. The second-order valence-electron chi connectivity index (χ2n) is 6.64. The highest BCUT2D eigenvalue weighted by atomic mass is 35.5. The van der Waals surface area contributed by atoms with Crippen molar-refractivity contribution in [2.45, 2.75) is 13.0 Å². The van der Waals surface area contributed by atoms with Gasteiger partial charge in [0.25, 0.3) is 5.91 Å². The number of nitrogens with one attached hydrogen (secondary N) is 1. The highest BCUT2D eigenvalue weighted by Crippen LogP contribution is 2.20. The van der Waals surface area contributed by atoms with E-state index in [-0.39, 0.29) is 0 Å². The zero-order valence-corrected chi connectivity index (χ0v) is 15.7. The molecule has 1 heterocycles. The lowest BCUT2D eigenvalue weighted by atomic mass is 10.1. The molecule has 6 heteroatoms. The van der Waals surface area contributed by atoms with Crippen LogP contribution >= 0.6 is 11.6 Å². The fourth-order valence-electron chi connectivity index (χ4n) is 3.31. The average Bonchev–Trinajstić information content (AvgIpc) is 2.67. The first-order valence-corrected chi connectivity index (χ1v) is 9.29. The van der Waals surface area contributed by atoms with Crippen LogP contribution < -0.4 is 16.0 Å². The number of carbonyl (C=O) groups excluding carboxylic acids is 1. The number of nitrogens with two attached hydrogens (primary N) is 1. The molecule has 3 rings (SSSR count). The first kappa shape index (κ1) is 18.5. The van der Waals surface area contributed by atoms with Crippen LogP contribution in [0.1, 0.15) is 17.3 Å². The molecule has 1 atom stereocenters.